The molecule has 3 nitrogen and oxygen atoms in total. The zero-order valence-electron chi connectivity index (χ0n) is 10.5. The lowest BCUT2D eigenvalue weighted by molar-refractivity contribution is -0.297. The summed E-state index contributed by atoms with van der Waals surface area (Å²) in [6, 6.07) is 15.4. The van der Waals surface area contributed by atoms with E-state index in [0.717, 1.165) is 28.5 Å². The Morgan fingerprint density at radius 2 is 1.53 bits per heavy atom. The SMILES string of the molecule is COc1ccc(-c2ccc(/C=C/C(=O)[O-])cc2)cc1. The Balaban J connectivity index is 2.19. The molecule has 0 unspecified atom stereocenters. The summed E-state index contributed by atoms with van der Waals surface area (Å²) in [4.78, 5) is 10.3. The van der Waals surface area contributed by atoms with Crippen LogP contribution in [0.3, 0.4) is 0 Å². The van der Waals surface area contributed by atoms with Crippen LogP contribution in [0.1, 0.15) is 5.56 Å². The van der Waals surface area contributed by atoms with Gasteiger partial charge in [0.25, 0.3) is 0 Å². The second kappa shape index (κ2) is 5.87. The van der Waals surface area contributed by atoms with Crippen molar-refractivity contribution in [1.29, 1.82) is 0 Å². The minimum atomic E-state index is -1.20. The third-order valence-corrected chi connectivity index (χ3v) is 2.75. The van der Waals surface area contributed by atoms with Crippen LogP contribution < -0.4 is 9.84 Å². The van der Waals surface area contributed by atoms with Crippen molar-refractivity contribution in [2.24, 2.45) is 0 Å². The maximum Gasteiger partial charge on any atom is 0.118 e. The van der Waals surface area contributed by atoms with Crippen molar-refractivity contribution in [2.45, 2.75) is 0 Å². The van der Waals surface area contributed by atoms with E-state index < -0.39 is 5.97 Å². The second-order valence-electron chi connectivity index (χ2n) is 4.00. The number of methoxy groups -OCH3 is 1. The third kappa shape index (κ3) is 3.45. The van der Waals surface area contributed by atoms with E-state index in [1.807, 2.05) is 48.5 Å². The monoisotopic (exact) mass is 253 g/mol. The van der Waals surface area contributed by atoms with Crippen molar-refractivity contribution in [1.82, 2.24) is 0 Å². The van der Waals surface area contributed by atoms with Crippen LogP contribution in [0.15, 0.2) is 54.6 Å². The topological polar surface area (TPSA) is 49.4 Å². The predicted molar refractivity (Wildman–Crippen MR) is 72.5 cm³/mol. The Morgan fingerprint density at radius 3 is 2.00 bits per heavy atom. The minimum Gasteiger partial charge on any atom is -0.545 e. The molecule has 0 radical (unpaired) electrons. The largest absolute Gasteiger partial charge is 0.545 e. The molecule has 96 valence electrons. The van der Waals surface area contributed by atoms with Gasteiger partial charge in [0, 0.05) is 0 Å². The van der Waals surface area contributed by atoms with E-state index in [1.165, 1.54) is 6.08 Å². The van der Waals surface area contributed by atoms with Gasteiger partial charge in [0.05, 0.1) is 13.1 Å². The summed E-state index contributed by atoms with van der Waals surface area (Å²) >= 11 is 0. The van der Waals surface area contributed by atoms with Crippen LogP contribution in [-0.2, 0) is 4.79 Å². The molecule has 19 heavy (non-hydrogen) atoms. The molecule has 0 spiro atoms. The molecular weight excluding hydrogens is 240 g/mol. The Labute approximate surface area is 111 Å². The zero-order chi connectivity index (χ0) is 13.7. The van der Waals surface area contributed by atoms with E-state index >= 15 is 0 Å². The fraction of sp³-hybridized carbons (Fsp3) is 0.0625. The van der Waals surface area contributed by atoms with Gasteiger partial charge in [-0.1, -0.05) is 42.5 Å². The highest BCUT2D eigenvalue weighted by Crippen LogP contribution is 2.22. The van der Waals surface area contributed by atoms with Gasteiger partial charge in [-0.25, -0.2) is 0 Å². The molecule has 0 aromatic heterocycles. The number of benzene rings is 2. The summed E-state index contributed by atoms with van der Waals surface area (Å²) in [7, 11) is 1.63. The molecule has 0 fully saturated rings. The maximum absolute atomic E-state index is 10.3. The van der Waals surface area contributed by atoms with Gasteiger partial charge < -0.3 is 14.6 Å². The molecule has 0 aliphatic heterocycles. The van der Waals surface area contributed by atoms with Crippen molar-refractivity contribution in [3.05, 3.63) is 60.2 Å². The molecule has 0 saturated heterocycles. The lowest BCUT2D eigenvalue weighted by Gasteiger charge is -2.04. The van der Waals surface area contributed by atoms with Crippen LogP contribution in [0.25, 0.3) is 17.2 Å². The first-order valence-electron chi connectivity index (χ1n) is 5.82. The molecule has 0 saturated carbocycles. The molecule has 0 bridgehead atoms. The first-order chi connectivity index (χ1) is 9.19. The smallest absolute Gasteiger partial charge is 0.118 e. The molecule has 2 rings (SSSR count). The quantitative estimate of drug-likeness (QED) is 0.784. The molecule has 2 aromatic rings. The number of carbonyl (C=O) groups is 1. The third-order valence-electron chi connectivity index (χ3n) is 2.75. The highest BCUT2D eigenvalue weighted by molar-refractivity contribution is 5.83. The van der Waals surface area contributed by atoms with Gasteiger partial charge in [0.1, 0.15) is 5.75 Å². The number of carboxylic acid groups (broad SMARTS) is 1. The van der Waals surface area contributed by atoms with E-state index in [9.17, 15) is 9.90 Å². The second-order valence-corrected chi connectivity index (χ2v) is 4.00. The Hall–Kier alpha value is -2.55. The Morgan fingerprint density at radius 1 is 1.00 bits per heavy atom. The predicted octanol–water partition coefficient (Wildman–Crippen LogP) is 2.13. The number of hydrogen-bond donors (Lipinski definition) is 0. The van der Waals surface area contributed by atoms with Crippen molar-refractivity contribution in [3.63, 3.8) is 0 Å². The van der Waals surface area contributed by atoms with Crippen molar-refractivity contribution in [2.75, 3.05) is 7.11 Å². The normalized spacial score (nSPS) is 10.6. The average Bonchev–Trinajstić information content (AvgIpc) is 2.46. The number of carbonyl (C=O) groups excluding carboxylic acids is 1. The molecule has 0 amide bonds. The molecule has 0 aliphatic carbocycles. The zero-order valence-corrected chi connectivity index (χ0v) is 10.5. The number of carboxylic acids is 1. The van der Waals surface area contributed by atoms with Gasteiger partial charge in [0.2, 0.25) is 0 Å². The van der Waals surface area contributed by atoms with E-state index in [2.05, 4.69) is 0 Å². The van der Waals surface area contributed by atoms with Gasteiger partial charge in [-0.3, -0.25) is 0 Å². The lowest BCUT2D eigenvalue weighted by atomic mass is 10.0. The minimum absolute atomic E-state index is 0.817. The summed E-state index contributed by atoms with van der Waals surface area (Å²) in [5.41, 5.74) is 2.96. The average molecular weight is 253 g/mol. The van der Waals surface area contributed by atoms with Gasteiger partial charge in [-0.15, -0.1) is 0 Å². The molecule has 0 N–H and O–H groups in total. The van der Waals surface area contributed by atoms with Crippen LogP contribution >= 0.6 is 0 Å². The van der Waals surface area contributed by atoms with Crippen LogP contribution in [0, 0.1) is 0 Å². The van der Waals surface area contributed by atoms with Crippen LogP contribution in [0.4, 0.5) is 0 Å². The lowest BCUT2D eigenvalue weighted by Crippen LogP contribution is -2.18. The van der Waals surface area contributed by atoms with Gasteiger partial charge in [-0.05, 0) is 34.9 Å². The van der Waals surface area contributed by atoms with Crippen molar-refractivity contribution >= 4 is 12.0 Å². The van der Waals surface area contributed by atoms with Crippen molar-refractivity contribution in [3.8, 4) is 16.9 Å². The molecule has 0 heterocycles. The highest BCUT2D eigenvalue weighted by Gasteiger charge is 1.98. The molecule has 0 aliphatic rings. The highest BCUT2D eigenvalue weighted by atomic mass is 16.5. The van der Waals surface area contributed by atoms with Gasteiger partial charge in [0.15, 0.2) is 0 Å². The summed E-state index contributed by atoms with van der Waals surface area (Å²) in [5.74, 6) is -0.378. The fourth-order valence-electron chi connectivity index (χ4n) is 1.73. The number of aliphatic carboxylic acids is 1. The number of rotatable bonds is 4. The molecule has 3 heteroatoms. The number of ether oxygens (including phenoxy) is 1. The molecular formula is C16H13O3-. The summed E-state index contributed by atoms with van der Waals surface area (Å²) in [5, 5.41) is 10.3. The summed E-state index contributed by atoms with van der Waals surface area (Å²) < 4.78 is 5.11. The van der Waals surface area contributed by atoms with Gasteiger partial charge in [-0.2, -0.15) is 0 Å². The van der Waals surface area contributed by atoms with Crippen molar-refractivity contribution < 1.29 is 14.6 Å². The van der Waals surface area contributed by atoms with E-state index in [1.54, 1.807) is 7.11 Å². The molecule has 2 aromatic carbocycles. The van der Waals surface area contributed by atoms with Gasteiger partial charge >= 0.3 is 0 Å². The number of hydrogen-bond acceptors (Lipinski definition) is 3. The summed E-state index contributed by atoms with van der Waals surface area (Å²) in [6.45, 7) is 0. The Kier molecular flexibility index (Phi) is 3.98. The van der Waals surface area contributed by atoms with Crippen LogP contribution in [-0.4, -0.2) is 13.1 Å². The first-order valence-corrected chi connectivity index (χ1v) is 5.82. The van der Waals surface area contributed by atoms with Crippen LogP contribution in [0.5, 0.6) is 5.75 Å². The maximum atomic E-state index is 10.3. The van der Waals surface area contributed by atoms with E-state index in [-0.39, 0.29) is 0 Å². The Bertz CT molecular complexity index is 580. The summed E-state index contributed by atoms with van der Waals surface area (Å²) in [6.07, 6.45) is 2.52. The van der Waals surface area contributed by atoms with E-state index in [4.69, 9.17) is 4.74 Å². The first kappa shape index (κ1) is 12.9. The van der Waals surface area contributed by atoms with E-state index in [0.29, 0.717) is 0 Å². The van der Waals surface area contributed by atoms with Crippen LogP contribution in [0.2, 0.25) is 0 Å². The standard InChI is InChI=1S/C16H14O3/c1-19-15-9-7-14(8-10-15)13-5-2-12(3-6-13)4-11-16(17)18/h2-11H,1H3,(H,17,18)/p-1/b11-4+. The fourth-order valence-corrected chi connectivity index (χ4v) is 1.73. The molecule has 0 atom stereocenters.